The molecule has 0 saturated carbocycles. The third-order valence-corrected chi connectivity index (χ3v) is 3.98. The molecule has 0 saturated heterocycles. The lowest BCUT2D eigenvalue weighted by Gasteiger charge is -2.12. The molecule has 0 atom stereocenters. The summed E-state index contributed by atoms with van der Waals surface area (Å²) >= 11 is 3.47. The highest BCUT2D eigenvalue weighted by molar-refractivity contribution is 9.10. The van der Waals surface area contributed by atoms with Crippen LogP contribution in [0.25, 0.3) is 16.7 Å². The number of imidazole rings is 1. The molecular weight excluding hydrogens is 332 g/mol. The summed E-state index contributed by atoms with van der Waals surface area (Å²) in [5.41, 5.74) is 3.56. The summed E-state index contributed by atoms with van der Waals surface area (Å²) in [5.74, 6) is -0.186. The number of carboxylic acids is 1. The number of benzene rings is 2. The van der Waals surface area contributed by atoms with Crippen LogP contribution in [0.4, 0.5) is 0 Å². The van der Waals surface area contributed by atoms with Gasteiger partial charge in [0.2, 0.25) is 0 Å². The zero-order chi connectivity index (χ0) is 15.1. The predicted molar refractivity (Wildman–Crippen MR) is 85.2 cm³/mol. The van der Waals surface area contributed by atoms with Crippen molar-refractivity contribution in [3.05, 3.63) is 57.8 Å². The SMILES string of the molecule is Cc1ccc(Br)cc1-n1c(C)nc2cccc(C(=O)O)c21. The van der Waals surface area contributed by atoms with Crippen LogP contribution in [0.1, 0.15) is 21.7 Å². The van der Waals surface area contributed by atoms with Gasteiger partial charge in [-0.05, 0) is 43.7 Å². The Morgan fingerprint density at radius 1 is 1.24 bits per heavy atom. The van der Waals surface area contributed by atoms with Crippen molar-refractivity contribution in [1.82, 2.24) is 9.55 Å². The van der Waals surface area contributed by atoms with Gasteiger partial charge in [0.15, 0.2) is 0 Å². The van der Waals surface area contributed by atoms with Crippen molar-refractivity contribution >= 4 is 32.9 Å². The maximum absolute atomic E-state index is 11.5. The molecule has 3 rings (SSSR count). The zero-order valence-electron chi connectivity index (χ0n) is 11.6. The van der Waals surface area contributed by atoms with E-state index < -0.39 is 5.97 Å². The minimum absolute atomic E-state index is 0.257. The van der Waals surface area contributed by atoms with Gasteiger partial charge < -0.3 is 5.11 Å². The van der Waals surface area contributed by atoms with Crippen molar-refractivity contribution in [2.75, 3.05) is 0 Å². The first-order valence-electron chi connectivity index (χ1n) is 6.47. The summed E-state index contributed by atoms with van der Waals surface area (Å²) in [6.07, 6.45) is 0. The number of aryl methyl sites for hydroxylation is 2. The first-order valence-corrected chi connectivity index (χ1v) is 7.26. The summed E-state index contributed by atoms with van der Waals surface area (Å²) in [7, 11) is 0. The van der Waals surface area contributed by atoms with E-state index in [0.717, 1.165) is 21.5 Å². The third kappa shape index (κ3) is 2.23. The largest absolute Gasteiger partial charge is 0.478 e. The van der Waals surface area contributed by atoms with Crippen molar-refractivity contribution in [1.29, 1.82) is 0 Å². The normalized spacial score (nSPS) is 11.0. The highest BCUT2D eigenvalue weighted by Crippen LogP contribution is 2.28. The van der Waals surface area contributed by atoms with Crippen LogP contribution in [-0.4, -0.2) is 20.6 Å². The Balaban J connectivity index is 2.44. The second-order valence-electron chi connectivity index (χ2n) is 4.90. The number of aromatic nitrogens is 2. The molecule has 4 nitrogen and oxygen atoms in total. The van der Waals surface area contributed by atoms with Crippen molar-refractivity contribution in [2.45, 2.75) is 13.8 Å². The number of para-hydroxylation sites is 1. The third-order valence-electron chi connectivity index (χ3n) is 3.49. The van der Waals surface area contributed by atoms with Gasteiger partial charge in [-0.3, -0.25) is 4.57 Å². The van der Waals surface area contributed by atoms with Gasteiger partial charge in [0.05, 0.1) is 22.3 Å². The summed E-state index contributed by atoms with van der Waals surface area (Å²) < 4.78 is 2.84. The molecule has 21 heavy (non-hydrogen) atoms. The summed E-state index contributed by atoms with van der Waals surface area (Å²) in [4.78, 5) is 16.0. The highest BCUT2D eigenvalue weighted by Gasteiger charge is 2.17. The van der Waals surface area contributed by atoms with Gasteiger partial charge in [-0.1, -0.05) is 28.1 Å². The molecule has 1 N–H and O–H groups in total. The number of fused-ring (bicyclic) bond motifs is 1. The van der Waals surface area contributed by atoms with Crippen LogP contribution >= 0.6 is 15.9 Å². The Hall–Kier alpha value is -2.14. The molecule has 0 amide bonds. The predicted octanol–water partition coefficient (Wildman–Crippen LogP) is 4.10. The first-order chi connectivity index (χ1) is 9.99. The molecule has 0 unspecified atom stereocenters. The molecule has 3 aromatic rings. The van der Waals surface area contributed by atoms with E-state index in [1.807, 2.05) is 42.7 Å². The molecule has 0 spiro atoms. The molecule has 0 aliphatic carbocycles. The highest BCUT2D eigenvalue weighted by atomic mass is 79.9. The lowest BCUT2D eigenvalue weighted by atomic mass is 10.1. The average Bonchev–Trinajstić information content (AvgIpc) is 2.77. The molecule has 1 heterocycles. The Labute approximate surface area is 130 Å². The Bertz CT molecular complexity index is 868. The van der Waals surface area contributed by atoms with Gasteiger partial charge in [-0.15, -0.1) is 0 Å². The topological polar surface area (TPSA) is 55.1 Å². The molecule has 106 valence electrons. The van der Waals surface area contributed by atoms with Gasteiger partial charge in [0.25, 0.3) is 0 Å². The van der Waals surface area contributed by atoms with Crippen molar-refractivity contribution in [3.63, 3.8) is 0 Å². The van der Waals surface area contributed by atoms with E-state index in [2.05, 4.69) is 20.9 Å². The number of halogens is 1. The zero-order valence-corrected chi connectivity index (χ0v) is 13.2. The van der Waals surface area contributed by atoms with Crippen LogP contribution in [-0.2, 0) is 0 Å². The average molecular weight is 345 g/mol. The fraction of sp³-hybridized carbons (Fsp3) is 0.125. The van der Waals surface area contributed by atoms with E-state index in [-0.39, 0.29) is 5.56 Å². The van der Waals surface area contributed by atoms with Crippen LogP contribution in [0, 0.1) is 13.8 Å². The van der Waals surface area contributed by atoms with Gasteiger partial charge in [-0.25, -0.2) is 9.78 Å². The van der Waals surface area contributed by atoms with Gasteiger partial charge >= 0.3 is 5.97 Å². The van der Waals surface area contributed by atoms with Gasteiger partial charge in [-0.2, -0.15) is 0 Å². The van der Waals surface area contributed by atoms with Crippen LogP contribution < -0.4 is 0 Å². The number of rotatable bonds is 2. The Morgan fingerprint density at radius 3 is 2.71 bits per heavy atom. The maximum atomic E-state index is 11.5. The van der Waals surface area contributed by atoms with Crippen molar-refractivity contribution < 1.29 is 9.90 Å². The van der Waals surface area contributed by atoms with Crippen LogP contribution in [0.15, 0.2) is 40.9 Å². The fourth-order valence-corrected chi connectivity index (χ4v) is 2.88. The molecule has 1 aromatic heterocycles. The van der Waals surface area contributed by atoms with Crippen molar-refractivity contribution in [3.8, 4) is 5.69 Å². The molecule has 5 heteroatoms. The molecular formula is C16H13BrN2O2. The van der Waals surface area contributed by atoms with E-state index in [1.165, 1.54) is 0 Å². The van der Waals surface area contributed by atoms with E-state index in [4.69, 9.17) is 0 Å². The Morgan fingerprint density at radius 2 is 2.00 bits per heavy atom. The van der Waals surface area contributed by atoms with Crippen LogP contribution in [0.5, 0.6) is 0 Å². The second kappa shape index (κ2) is 5.00. The fourth-order valence-electron chi connectivity index (χ4n) is 2.53. The minimum Gasteiger partial charge on any atom is -0.478 e. The monoisotopic (exact) mass is 344 g/mol. The first kappa shape index (κ1) is 13.8. The molecule has 0 fully saturated rings. The van der Waals surface area contributed by atoms with Gasteiger partial charge in [0.1, 0.15) is 5.82 Å². The van der Waals surface area contributed by atoms with E-state index >= 15 is 0 Å². The van der Waals surface area contributed by atoms with Crippen LogP contribution in [0.2, 0.25) is 0 Å². The number of hydrogen-bond donors (Lipinski definition) is 1. The molecule has 0 aliphatic rings. The summed E-state index contributed by atoms with van der Waals surface area (Å²) in [5, 5.41) is 9.44. The number of carbonyl (C=O) groups is 1. The standard InChI is InChI=1S/C16H13BrN2O2/c1-9-6-7-11(17)8-14(9)19-10(2)18-13-5-3-4-12(15(13)19)16(20)21/h3-8H,1-2H3,(H,20,21). The number of hydrogen-bond acceptors (Lipinski definition) is 2. The summed E-state index contributed by atoms with van der Waals surface area (Å²) in [6, 6.07) is 11.1. The van der Waals surface area contributed by atoms with Crippen LogP contribution in [0.3, 0.4) is 0 Å². The van der Waals surface area contributed by atoms with E-state index in [9.17, 15) is 9.90 Å². The number of carboxylic acid groups (broad SMARTS) is 1. The second-order valence-corrected chi connectivity index (χ2v) is 5.82. The lowest BCUT2D eigenvalue weighted by molar-refractivity contribution is 0.0698. The van der Waals surface area contributed by atoms with E-state index in [0.29, 0.717) is 11.0 Å². The minimum atomic E-state index is -0.950. The molecule has 0 bridgehead atoms. The molecule has 0 aliphatic heterocycles. The number of aromatic carboxylic acids is 1. The quantitative estimate of drug-likeness (QED) is 0.761. The smallest absolute Gasteiger partial charge is 0.337 e. The van der Waals surface area contributed by atoms with Gasteiger partial charge in [0, 0.05) is 4.47 Å². The summed E-state index contributed by atoms with van der Waals surface area (Å²) in [6.45, 7) is 3.88. The van der Waals surface area contributed by atoms with Crippen molar-refractivity contribution in [2.24, 2.45) is 0 Å². The lowest BCUT2D eigenvalue weighted by Crippen LogP contribution is -2.04. The molecule has 2 aromatic carbocycles. The van der Waals surface area contributed by atoms with E-state index in [1.54, 1.807) is 12.1 Å². The molecule has 0 radical (unpaired) electrons. The Kier molecular flexibility index (Phi) is 3.29. The maximum Gasteiger partial charge on any atom is 0.337 e. The number of nitrogens with zero attached hydrogens (tertiary/aromatic N) is 2.